The average Bonchev–Trinajstić information content (AvgIpc) is 3.49. The Morgan fingerprint density at radius 1 is 0.905 bits per heavy atom. The Balaban J connectivity index is 1.62. The molecule has 220 valence electrons. The number of amides is 2. The predicted molar refractivity (Wildman–Crippen MR) is 156 cm³/mol. The number of ether oxygens (including phenoxy) is 2. The van der Waals surface area contributed by atoms with Gasteiger partial charge >= 0.3 is 0 Å². The fraction of sp³-hybridized carbons (Fsp3) is 0.267. The fourth-order valence-corrected chi connectivity index (χ4v) is 5.79. The van der Waals surface area contributed by atoms with Crippen LogP contribution >= 0.6 is 0 Å². The molecule has 0 fully saturated rings. The average molecular weight is 593 g/mol. The summed E-state index contributed by atoms with van der Waals surface area (Å²) in [5.74, 6) is -0.690. The van der Waals surface area contributed by atoms with E-state index in [9.17, 15) is 23.1 Å². The number of rotatable bonds is 8. The van der Waals surface area contributed by atoms with E-state index in [-0.39, 0.29) is 28.8 Å². The lowest BCUT2D eigenvalue weighted by atomic mass is 9.82. The van der Waals surface area contributed by atoms with Crippen LogP contribution in [0.1, 0.15) is 32.4 Å². The van der Waals surface area contributed by atoms with Crippen LogP contribution in [-0.4, -0.2) is 50.5 Å². The molecule has 42 heavy (non-hydrogen) atoms. The smallest absolute Gasteiger partial charge is 0.284 e. The number of nitrogens with one attached hydrogen (secondary N) is 2. The molecule has 2 aliphatic rings. The first-order valence-electron chi connectivity index (χ1n) is 13.2. The van der Waals surface area contributed by atoms with Gasteiger partial charge < -0.3 is 25.2 Å². The van der Waals surface area contributed by atoms with Crippen LogP contribution in [-0.2, 0) is 19.6 Å². The van der Waals surface area contributed by atoms with Gasteiger partial charge in [-0.1, -0.05) is 51.1 Å². The van der Waals surface area contributed by atoms with E-state index in [1.165, 1.54) is 32.3 Å². The Kier molecular flexibility index (Phi) is 7.37. The maximum atomic E-state index is 13.9. The summed E-state index contributed by atoms with van der Waals surface area (Å²) in [6.07, 6.45) is 0. The molecule has 0 aliphatic carbocycles. The van der Waals surface area contributed by atoms with E-state index in [4.69, 9.17) is 9.47 Å². The molecule has 0 spiro atoms. The van der Waals surface area contributed by atoms with Gasteiger partial charge in [-0.05, 0) is 47.4 Å². The van der Waals surface area contributed by atoms with E-state index in [1.54, 1.807) is 36.4 Å². The third-order valence-corrected chi connectivity index (χ3v) is 8.85. The van der Waals surface area contributed by atoms with E-state index in [2.05, 4.69) is 10.6 Å². The third-order valence-electron chi connectivity index (χ3n) is 7.00. The summed E-state index contributed by atoms with van der Waals surface area (Å²) in [4.78, 5) is 28.5. The number of carbonyl (C=O) groups is 2. The van der Waals surface area contributed by atoms with Crippen molar-refractivity contribution in [3.05, 3.63) is 83.7 Å². The van der Waals surface area contributed by atoms with Crippen LogP contribution in [0.4, 0.5) is 11.4 Å². The van der Waals surface area contributed by atoms with E-state index >= 15 is 0 Å². The fourth-order valence-electron chi connectivity index (χ4n) is 4.79. The number of hydrogen-bond acceptors (Lipinski definition) is 9. The minimum atomic E-state index is -4.01. The van der Waals surface area contributed by atoms with Crippen molar-refractivity contribution < 1.29 is 32.6 Å². The molecule has 0 bridgehead atoms. The number of phenols is 1. The molecule has 3 N–H and O–H groups in total. The number of fused-ring (bicyclic) bond motifs is 1. The number of sulfonamides is 1. The molecule has 3 aromatic carbocycles. The summed E-state index contributed by atoms with van der Waals surface area (Å²) in [7, 11) is -1.31. The highest BCUT2D eigenvalue weighted by Crippen LogP contribution is 2.41. The number of para-hydroxylation sites is 2. The Labute approximate surface area is 244 Å². The zero-order valence-corrected chi connectivity index (χ0v) is 24.7. The number of benzene rings is 3. The van der Waals surface area contributed by atoms with Crippen LogP contribution in [0.2, 0.25) is 0 Å². The maximum Gasteiger partial charge on any atom is 0.284 e. The highest BCUT2D eigenvalue weighted by atomic mass is 32.2. The molecule has 2 heterocycles. The SMILES string of the molecule is CN(C)S(=O)(=O)c1cccc(NC2=C(N[C@@H](c3ccc4c(c3)OCO4)C(C)(C)C)C(=O)N(c3ccccc3)C2=O)c1O. The molecule has 1 atom stereocenters. The van der Waals surface area contributed by atoms with Gasteiger partial charge in [0.15, 0.2) is 17.2 Å². The van der Waals surface area contributed by atoms with E-state index < -0.39 is 39.0 Å². The molecule has 0 aromatic heterocycles. The summed E-state index contributed by atoms with van der Waals surface area (Å²) < 4.78 is 37.6. The van der Waals surface area contributed by atoms with Crippen molar-refractivity contribution in [2.45, 2.75) is 31.7 Å². The van der Waals surface area contributed by atoms with Crippen molar-refractivity contribution in [3.8, 4) is 17.2 Å². The molecule has 0 saturated heterocycles. The summed E-state index contributed by atoms with van der Waals surface area (Å²) >= 11 is 0. The molecular formula is C30H32N4O7S. The highest BCUT2D eigenvalue weighted by molar-refractivity contribution is 7.89. The molecular weight excluding hydrogens is 560 g/mol. The van der Waals surface area contributed by atoms with Crippen LogP contribution in [0.5, 0.6) is 17.2 Å². The molecule has 3 aromatic rings. The number of hydrogen-bond donors (Lipinski definition) is 3. The number of imide groups is 1. The standard InChI is InChI=1S/C30H32N4O7S/c1-30(2,3)27(18-14-15-21-22(16-18)41-17-40-21)32-25-24(28(36)34(29(25)37)19-10-7-6-8-11-19)31-20-12-9-13-23(26(20)35)42(38,39)33(4)5/h6-16,27,31-32,35H,17H2,1-5H3/t27-/m0/s1. The van der Waals surface area contributed by atoms with Crippen LogP contribution in [0.25, 0.3) is 0 Å². The molecule has 5 rings (SSSR count). The third kappa shape index (κ3) is 5.14. The molecule has 0 radical (unpaired) electrons. The van der Waals surface area contributed by atoms with Gasteiger partial charge in [0.2, 0.25) is 16.8 Å². The number of aromatic hydroxyl groups is 1. The topological polar surface area (TPSA) is 138 Å². The Morgan fingerprint density at radius 3 is 2.24 bits per heavy atom. The number of anilines is 2. The van der Waals surface area contributed by atoms with E-state index in [0.717, 1.165) is 14.8 Å². The first kappa shape index (κ1) is 29.0. The lowest BCUT2D eigenvalue weighted by Crippen LogP contribution is -2.37. The Bertz CT molecular complexity index is 1700. The van der Waals surface area contributed by atoms with Gasteiger partial charge in [-0.3, -0.25) is 9.59 Å². The van der Waals surface area contributed by atoms with Gasteiger partial charge in [0.1, 0.15) is 16.3 Å². The monoisotopic (exact) mass is 592 g/mol. The van der Waals surface area contributed by atoms with Crippen molar-refractivity contribution in [3.63, 3.8) is 0 Å². The van der Waals surface area contributed by atoms with Gasteiger partial charge in [-0.25, -0.2) is 17.6 Å². The highest BCUT2D eigenvalue weighted by Gasteiger charge is 2.42. The Morgan fingerprint density at radius 2 is 1.57 bits per heavy atom. The zero-order chi connectivity index (χ0) is 30.4. The van der Waals surface area contributed by atoms with Gasteiger partial charge in [-0.15, -0.1) is 0 Å². The summed E-state index contributed by atoms with van der Waals surface area (Å²) in [6, 6.07) is 17.6. The molecule has 11 nitrogen and oxygen atoms in total. The molecule has 2 amide bonds. The number of phenolic OH excluding ortho intramolecular Hbond substituents is 1. The second kappa shape index (κ2) is 10.7. The molecule has 12 heteroatoms. The van der Waals surface area contributed by atoms with Gasteiger partial charge in [0.25, 0.3) is 11.8 Å². The predicted octanol–water partition coefficient (Wildman–Crippen LogP) is 3.95. The van der Waals surface area contributed by atoms with Crippen LogP contribution < -0.4 is 25.0 Å². The minimum Gasteiger partial charge on any atom is -0.504 e. The Hall–Kier alpha value is -4.55. The van der Waals surface area contributed by atoms with Crippen molar-refractivity contribution in [1.82, 2.24) is 9.62 Å². The molecule has 0 unspecified atom stereocenters. The van der Waals surface area contributed by atoms with Gasteiger partial charge in [-0.2, -0.15) is 0 Å². The minimum absolute atomic E-state index is 0.0401. The largest absolute Gasteiger partial charge is 0.504 e. The number of nitrogens with zero attached hydrogens (tertiary/aromatic N) is 2. The second-order valence-corrected chi connectivity index (χ2v) is 13.3. The lowest BCUT2D eigenvalue weighted by Gasteiger charge is -2.33. The quantitative estimate of drug-likeness (QED) is 0.262. The first-order chi connectivity index (χ1) is 19.8. The van der Waals surface area contributed by atoms with Gasteiger partial charge in [0, 0.05) is 14.1 Å². The zero-order valence-electron chi connectivity index (χ0n) is 23.8. The van der Waals surface area contributed by atoms with Crippen molar-refractivity contribution in [2.24, 2.45) is 5.41 Å². The maximum absolute atomic E-state index is 13.9. The van der Waals surface area contributed by atoms with Crippen LogP contribution in [0.3, 0.4) is 0 Å². The first-order valence-corrected chi connectivity index (χ1v) is 14.6. The second-order valence-electron chi connectivity index (χ2n) is 11.2. The van der Waals surface area contributed by atoms with Crippen molar-refractivity contribution in [2.75, 3.05) is 31.1 Å². The van der Waals surface area contributed by atoms with Crippen LogP contribution in [0, 0.1) is 5.41 Å². The van der Waals surface area contributed by atoms with Gasteiger partial charge in [0.05, 0.1) is 17.4 Å². The summed E-state index contributed by atoms with van der Waals surface area (Å²) in [5, 5.41) is 17.2. The van der Waals surface area contributed by atoms with Crippen molar-refractivity contribution >= 4 is 33.2 Å². The van der Waals surface area contributed by atoms with Crippen molar-refractivity contribution in [1.29, 1.82) is 0 Å². The summed E-state index contributed by atoms with van der Waals surface area (Å²) in [6.45, 7) is 6.07. The van der Waals surface area contributed by atoms with E-state index in [0.29, 0.717) is 17.2 Å². The summed E-state index contributed by atoms with van der Waals surface area (Å²) in [5.41, 5.74) is 0.442. The van der Waals surface area contributed by atoms with Crippen LogP contribution in [0.15, 0.2) is 83.0 Å². The normalized spacial score (nSPS) is 15.9. The molecule has 0 saturated carbocycles. The lowest BCUT2D eigenvalue weighted by molar-refractivity contribution is -0.120. The van der Waals surface area contributed by atoms with E-state index in [1.807, 2.05) is 32.9 Å². The number of carbonyl (C=O) groups excluding carboxylic acids is 2. The molecule has 2 aliphatic heterocycles.